The highest BCUT2D eigenvalue weighted by Gasteiger charge is 2.21. The molecule has 1 unspecified atom stereocenters. The predicted molar refractivity (Wildman–Crippen MR) is 84.9 cm³/mol. The summed E-state index contributed by atoms with van der Waals surface area (Å²) in [4.78, 5) is 0. The molecule has 4 heteroatoms. The van der Waals surface area contributed by atoms with Crippen molar-refractivity contribution in [3.05, 3.63) is 56.5 Å². The summed E-state index contributed by atoms with van der Waals surface area (Å²) >= 11 is 12.5. The molecule has 1 N–H and O–H groups in total. The van der Waals surface area contributed by atoms with E-state index < -0.39 is 0 Å². The van der Waals surface area contributed by atoms with Gasteiger partial charge in [0.2, 0.25) is 0 Å². The summed E-state index contributed by atoms with van der Waals surface area (Å²) in [6.07, 6.45) is 0.732. The van der Waals surface area contributed by atoms with Gasteiger partial charge in [0.15, 0.2) is 0 Å². The van der Waals surface area contributed by atoms with Crippen LogP contribution in [0.3, 0.4) is 0 Å². The molecule has 0 fully saturated rings. The first kappa shape index (κ1) is 15.4. The number of nitrogens with one attached hydrogen (secondary N) is 1. The smallest absolute Gasteiger partial charge is 0.106 e. The third-order valence-corrected chi connectivity index (χ3v) is 4.49. The van der Waals surface area contributed by atoms with E-state index in [0.29, 0.717) is 10.0 Å². The molecule has 0 bridgehead atoms. The lowest BCUT2D eigenvalue weighted by molar-refractivity contribution is 0.489. The molecule has 2 rings (SSSR count). The highest BCUT2D eigenvalue weighted by atomic mass is 35.5. The quantitative estimate of drug-likeness (QED) is 0.858. The van der Waals surface area contributed by atoms with Gasteiger partial charge in [0, 0.05) is 21.7 Å². The first-order valence-corrected chi connectivity index (χ1v) is 7.38. The van der Waals surface area contributed by atoms with Crippen LogP contribution in [0.25, 0.3) is 0 Å². The van der Waals surface area contributed by atoms with Crippen molar-refractivity contribution in [1.82, 2.24) is 5.32 Å². The maximum Gasteiger partial charge on any atom is 0.106 e. The van der Waals surface area contributed by atoms with Crippen LogP contribution in [-0.2, 0) is 6.42 Å². The Morgan fingerprint density at radius 2 is 1.70 bits per heavy atom. The van der Waals surface area contributed by atoms with E-state index in [4.69, 9.17) is 27.6 Å². The zero-order chi connectivity index (χ0) is 14.9. The minimum absolute atomic E-state index is 0.129. The van der Waals surface area contributed by atoms with Gasteiger partial charge >= 0.3 is 0 Å². The average Bonchev–Trinajstić information content (AvgIpc) is 2.64. The fourth-order valence-corrected chi connectivity index (χ4v) is 3.15. The van der Waals surface area contributed by atoms with Gasteiger partial charge in [-0.15, -0.1) is 0 Å². The monoisotopic (exact) mass is 311 g/mol. The lowest BCUT2D eigenvalue weighted by Gasteiger charge is -2.18. The standard InChI is InChI=1S/C16H19Cl2NO/c1-9-10(2)20-11(3)16(9)15(19-4)8-12-13(17)6-5-7-14(12)18/h5-7,15,19H,8H2,1-4H3. The Bertz CT molecular complexity index is 599. The molecule has 0 saturated carbocycles. The van der Waals surface area contributed by atoms with Gasteiger partial charge in [0.1, 0.15) is 11.5 Å². The second kappa shape index (κ2) is 6.21. The summed E-state index contributed by atoms with van der Waals surface area (Å²) in [6.45, 7) is 6.06. The maximum absolute atomic E-state index is 6.27. The largest absolute Gasteiger partial charge is 0.466 e. The first-order valence-electron chi connectivity index (χ1n) is 6.62. The van der Waals surface area contributed by atoms with Crippen molar-refractivity contribution in [1.29, 1.82) is 0 Å². The maximum atomic E-state index is 6.27. The van der Waals surface area contributed by atoms with E-state index in [-0.39, 0.29) is 6.04 Å². The first-order chi connectivity index (χ1) is 9.45. The molecule has 0 saturated heterocycles. The van der Waals surface area contributed by atoms with Gasteiger partial charge in [0.25, 0.3) is 0 Å². The summed E-state index contributed by atoms with van der Waals surface area (Å²) in [6, 6.07) is 5.73. The van der Waals surface area contributed by atoms with Crippen LogP contribution >= 0.6 is 23.2 Å². The molecule has 0 aliphatic carbocycles. The van der Waals surface area contributed by atoms with E-state index in [0.717, 1.165) is 23.5 Å². The van der Waals surface area contributed by atoms with Crippen LogP contribution < -0.4 is 5.32 Å². The number of likely N-dealkylation sites (N-methyl/N-ethyl adjacent to an activating group) is 1. The average molecular weight is 312 g/mol. The molecule has 0 radical (unpaired) electrons. The van der Waals surface area contributed by atoms with E-state index in [1.807, 2.05) is 39.1 Å². The van der Waals surface area contributed by atoms with Crippen molar-refractivity contribution in [2.24, 2.45) is 0 Å². The van der Waals surface area contributed by atoms with Gasteiger partial charge in [-0.3, -0.25) is 0 Å². The van der Waals surface area contributed by atoms with Crippen LogP contribution in [0.1, 0.15) is 34.3 Å². The van der Waals surface area contributed by atoms with Gasteiger partial charge in [-0.1, -0.05) is 29.3 Å². The van der Waals surface area contributed by atoms with Gasteiger partial charge in [-0.05, 0) is 57.5 Å². The molecular formula is C16H19Cl2NO. The van der Waals surface area contributed by atoms with Crippen molar-refractivity contribution >= 4 is 23.2 Å². The number of furan rings is 1. The van der Waals surface area contributed by atoms with Gasteiger partial charge in [-0.25, -0.2) is 0 Å². The molecule has 20 heavy (non-hydrogen) atoms. The van der Waals surface area contributed by atoms with Gasteiger partial charge < -0.3 is 9.73 Å². The Labute approximate surface area is 130 Å². The van der Waals surface area contributed by atoms with Crippen molar-refractivity contribution in [3.63, 3.8) is 0 Å². The van der Waals surface area contributed by atoms with Crippen LogP contribution in [0.15, 0.2) is 22.6 Å². The minimum atomic E-state index is 0.129. The molecule has 1 aromatic carbocycles. The van der Waals surface area contributed by atoms with Crippen LogP contribution in [0.5, 0.6) is 0 Å². The molecule has 1 aromatic heterocycles. The SMILES string of the molecule is CNC(Cc1c(Cl)cccc1Cl)c1c(C)oc(C)c1C. The number of aryl methyl sites for hydroxylation is 2. The topological polar surface area (TPSA) is 25.2 Å². The summed E-state index contributed by atoms with van der Waals surface area (Å²) in [5.41, 5.74) is 3.35. The molecular weight excluding hydrogens is 293 g/mol. The highest BCUT2D eigenvalue weighted by Crippen LogP contribution is 2.33. The molecule has 108 valence electrons. The second-order valence-electron chi connectivity index (χ2n) is 5.00. The summed E-state index contributed by atoms with van der Waals surface area (Å²) in [5, 5.41) is 4.74. The zero-order valence-corrected chi connectivity index (χ0v) is 13.7. The highest BCUT2D eigenvalue weighted by molar-refractivity contribution is 6.36. The molecule has 0 spiro atoms. The molecule has 1 atom stereocenters. The number of hydrogen-bond acceptors (Lipinski definition) is 2. The van der Waals surface area contributed by atoms with Crippen molar-refractivity contribution in [2.45, 2.75) is 33.2 Å². The Hall–Kier alpha value is -0.960. The third-order valence-electron chi connectivity index (χ3n) is 3.78. The Kier molecular flexibility index (Phi) is 4.79. The van der Waals surface area contributed by atoms with Gasteiger partial charge in [-0.2, -0.15) is 0 Å². The normalized spacial score (nSPS) is 12.7. The zero-order valence-electron chi connectivity index (χ0n) is 12.2. The number of benzene rings is 1. The molecule has 2 nitrogen and oxygen atoms in total. The van der Waals surface area contributed by atoms with E-state index in [1.54, 1.807) is 0 Å². The Balaban J connectivity index is 2.39. The fraction of sp³-hybridized carbons (Fsp3) is 0.375. The Morgan fingerprint density at radius 3 is 2.15 bits per heavy atom. The summed E-state index contributed by atoms with van der Waals surface area (Å²) in [5.74, 6) is 1.91. The van der Waals surface area contributed by atoms with Crippen LogP contribution in [0, 0.1) is 20.8 Å². The van der Waals surface area contributed by atoms with Crippen molar-refractivity contribution in [3.8, 4) is 0 Å². The molecule has 2 aromatic rings. The second-order valence-corrected chi connectivity index (χ2v) is 5.81. The van der Waals surface area contributed by atoms with Gasteiger partial charge in [0.05, 0.1) is 0 Å². The minimum Gasteiger partial charge on any atom is -0.466 e. The van der Waals surface area contributed by atoms with E-state index in [2.05, 4.69) is 12.2 Å². The molecule has 0 aliphatic heterocycles. The van der Waals surface area contributed by atoms with E-state index in [9.17, 15) is 0 Å². The fourth-order valence-electron chi connectivity index (χ4n) is 2.60. The van der Waals surface area contributed by atoms with E-state index >= 15 is 0 Å². The van der Waals surface area contributed by atoms with E-state index in [1.165, 1.54) is 11.1 Å². The summed E-state index contributed by atoms with van der Waals surface area (Å²) < 4.78 is 5.72. The Morgan fingerprint density at radius 1 is 1.10 bits per heavy atom. The third kappa shape index (κ3) is 2.88. The van der Waals surface area contributed by atoms with Crippen LogP contribution in [0.2, 0.25) is 10.0 Å². The number of halogens is 2. The lowest BCUT2D eigenvalue weighted by atomic mass is 9.96. The van der Waals surface area contributed by atoms with Crippen LogP contribution in [0.4, 0.5) is 0 Å². The number of hydrogen-bond donors (Lipinski definition) is 1. The summed E-state index contributed by atoms with van der Waals surface area (Å²) in [7, 11) is 1.94. The molecule has 1 heterocycles. The predicted octanol–water partition coefficient (Wildman–Crippen LogP) is 5.01. The molecule has 0 aliphatic rings. The number of rotatable bonds is 4. The van der Waals surface area contributed by atoms with Crippen molar-refractivity contribution in [2.75, 3.05) is 7.05 Å². The lowest BCUT2D eigenvalue weighted by Crippen LogP contribution is -2.20. The molecule has 0 amide bonds. The van der Waals surface area contributed by atoms with Crippen LogP contribution in [-0.4, -0.2) is 7.05 Å². The van der Waals surface area contributed by atoms with Crippen molar-refractivity contribution < 1.29 is 4.42 Å².